The molecule has 0 unspecified atom stereocenters. The first-order valence-corrected chi connectivity index (χ1v) is 11.1. The minimum absolute atomic E-state index is 0.0133. The molecule has 11 nitrogen and oxygen atoms in total. The molecule has 35 heavy (non-hydrogen) atoms. The molecule has 0 aromatic carbocycles. The van der Waals surface area contributed by atoms with Crippen LogP contribution >= 0.6 is 0 Å². The third-order valence-electron chi connectivity index (χ3n) is 6.23. The van der Waals surface area contributed by atoms with E-state index in [1.807, 2.05) is 6.07 Å². The van der Waals surface area contributed by atoms with E-state index in [0.717, 1.165) is 0 Å². The largest absolute Gasteiger partial charge is 0.375 e. The number of carbonyl (C=O) groups excluding carboxylic acids is 1. The molecule has 176 valence electrons. The zero-order valence-corrected chi connectivity index (χ0v) is 18.9. The first-order valence-electron chi connectivity index (χ1n) is 11.1. The van der Waals surface area contributed by atoms with Crippen molar-refractivity contribution in [2.24, 2.45) is 0 Å². The molecule has 1 aliphatic heterocycles. The van der Waals surface area contributed by atoms with Crippen LogP contribution in [-0.2, 0) is 9.53 Å². The van der Waals surface area contributed by atoms with E-state index in [-0.39, 0.29) is 29.6 Å². The maximum absolute atomic E-state index is 13.1. The van der Waals surface area contributed by atoms with Gasteiger partial charge in [-0.1, -0.05) is 0 Å². The van der Waals surface area contributed by atoms with Gasteiger partial charge in [-0.05, 0) is 37.1 Å². The molecule has 5 heterocycles. The van der Waals surface area contributed by atoms with Crippen molar-refractivity contribution in [1.29, 1.82) is 5.26 Å². The monoisotopic (exact) mass is 471 g/mol. The lowest BCUT2D eigenvalue weighted by molar-refractivity contribution is -0.136. The van der Waals surface area contributed by atoms with Gasteiger partial charge in [-0.3, -0.25) is 24.1 Å². The number of amides is 1. The smallest absolute Gasteiger partial charge is 0.329 e. The van der Waals surface area contributed by atoms with Gasteiger partial charge in [-0.25, -0.2) is 14.8 Å². The molecule has 4 aromatic rings. The molecule has 0 atom stereocenters. The molecule has 1 fully saturated rings. The van der Waals surface area contributed by atoms with Gasteiger partial charge in [0.15, 0.2) is 0 Å². The number of rotatable bonds is 4. The van der Waals surface area contributed by atoms with Crippen LogP contribution in [0.15, 0.2) is 46.2 Å². The van der Waals surface area contributed by atoms with Crippen molar-refractivity contribution in [2.45, 2.75) is 18.9 Å². The third-order valence-corrected chi connectivity index (χ3v) is 6.23. The van der Waals surface area contributed by atoms with Crippen molar-refractivity contribution in [1.82, 2.24) is 29.4 Å². The molecular weight excluding hydrogens is 450 g/mol. The topological polar surface area (TPSA) is 147 Å². The van der Waals surface area contributed by atoms with Crippen LogP contribution < -0.4 is 11.2 Å². The summed E-state index contributed by atoms with van der Waals surface area (Å²) in [6.07, 6.45) is 4.09. The number of hydrogen-bond acceptors (Lipinski definition) is 8. The number of hydrogen-bond donors (Lipinski definition) is 1. The number of likely N-dealkylation sites (tertiary alicyclic amines) is 1. The lowest BCUT2D eigenvalue weighted by Gasteiger charge is -2.33. The maximum Gasteiger partial charge on any atom is 0.329 e. The molecule has 0 saturated carbocycles. The molecule has 1 aliphatic rings. The number of ether oxygens (including phenoxy) is 1. The van der Waals surface area contributed by atoms with Crippen molar-refractivity contribution in [3.8, 4) is 17.3 Å². The van der Waals surface area contributed by atoms with Gasteiger partial charge in [0.05, 0.1) is 22.1 Å². The van der Waals surface area contributed by atoms with E-state index in [2.05, 4.69) is 15.0 Å². The molecular formula is C24H21N7O4. The van der Waals surface area contributed by atoms with Gasteiger partial charge in [0, 0.05) is 44.2 Å². The highest BCUT2D eigenvalue weighted by Gasteiger charge is 2.27. The zero-order valence-electron chi connectivity index (χ0n) is 18.9. The Morgan fingerprint density at radius 2 is 1.97 bits per heavy atom. The Bertz CT molecular complexity index is 1590. The van der Waals surface area contributed by atoms with Crippen molar-refractivity contribution in [2.75, 3.05) is 26.8 Å². The second-order valence-electron chi connectivity index (χ2n) is 8.30. The molecule has 0 spiro atoms. The summed E-state index contributed by atoms with van der Waals surface area (Å²) in [5.74, 6) is -0.0957. The Kier molecular flexibility index (Phi) is 5.80. The van der Waals surface area contributed by atoms with Gasteiger partial charge in [-0.2, -0.15) is 5.26 Å². The number of H-pyrrole nitrogens is 1. The van der Waals surface area contributed by atoms with Gasteiger partial charge >= 0.3 is 5.69 Å². The number of aromatic nitrogens is 5. The van der Waals surface area contributed by atoms with Crippen LogP contribution in [-0.4, -0.2) is 62.1 Å². The molecule has 0 bridgehead atoms. The van der Waals surface area contributed by atoms with Crippen LogP contribution in [0, 0.1) is 11.3 Å². The molecule has 5 rings (SSSR count). The van der Waals surface area contributed by atoms with Crippen molar-refractivity contribution >= 4 is 27.8 Å². The fourth-order valence-electron chi connectivity index (χ4n) is 4.50. The number of fused-ring (bicyclic) bond motifs is 3. The second-order valence-corrected chi connectivity index (χ2v) is 8.30. The van der Waals surface area contributed by atoms with Crippen molar-refractivity contribution < 1.29 is 9.53 Å². The average Bonchev–Trinajstić information content (AvgIpc) is 2.89. The maximum atomic E-state index is 13.1. The summed E-state index contributed by atoms with van der Waals surface area (Å²) in [5, 5.41) is 9.27. The fraction of sp³-hybridized carbons (Fsp3) is 0.292. The van der Waals surface area contributed by atoms with Crippen molar-refractivity contribution in [3.05, 3.63) is 63.2 Å². The Balaban J connectivity index is 1.64. The summed E-state index contributed by atoms with van der Waals surface area (Å²) in [6.45, 7) is 0.955. The van der Waals surface area contributed by atoms with Crippen LogP contribution in [0.25, 0.3) is 33.2 Å². The first-order chi connectivity index (χ1) is 17.0. The fourth-order valence-corrected chi connectivity index (χ4v) is 4.50. The standard InChI is InChI=1S/C24H21N7O4/c1-35-13-20(32)30-8-6-16(7-9-30)31-22-17(23(33)29-24(31)34)12-27-19-5-4-18(28-21(19)22)14-2-3-15(10-25)26-11-14/h2-5,11-12,16H,6-9,13H2,1H3,(H,29,33,34). The van der Waals surface area contributed by atoms with E-state index in [4.69, 9.17) is 15.0 Å². The Morgan fingerprint density at radius 3 is 2.66 bits per heavy atom. The van der Waals surface area contributed by atoms with Crippen LogP contribution in [0.1, 0.15) is 24.6 Å². The minimum Gasteiger partial charge on any atom is -0.375 e. The number of nitrogens with zero attached hydrogens (tertiary/aromatic N) is 6. The van der Waals surface area contributed by atoms with Gasteiger partial charge in [0.2, 0.25) is 5.91 Å². The molecule has 0 aliphatic carbocycles. The molecule has 1 saturated heterocycles. The van der Waals surface area contributed by atoms with Gasteiger partial charge in [0.1, 0.15) is 23.9 Å². The van der Waals surface area contributed by atoms with E-state index in [0.29, 0.717) is 53.7 Å². The van der Waals surface area contributed by atoms with Gasteiger partial charge in [0.25, 0.3) is 5.56 Å². The Hall–Kier alpha value is -4.43. The highest BCUT2D eigenvalue weighted by molar-refractivity contribution is 6.01. The molecule has 1 amide bonds. The van der Waals surface area contributed by atoms with E-state index in [1.54, 1.807) is 39.9 Å². The Labute approximate surface area is 198 Å². The van der Waals surface area contributed by atoms with E-state index in [9.17, 15) is 14.4 Å². The average molecular weight is 471 g/mol. The molecule has 11 heteroatoms. The predicted molar refractivity (Wildman–Crippen MR) is 127 cm³/mol. The summed E-state index contributed by atoms with van der Waals surface area (Å²) in [7, 11) is 1.48. The normalized spacial score (nSPS) is 14.3. The SMILES string of the molecule is COCC(=O)N1CCC(n2c(=O)[nH]c(=O)c3cnc4ccc(-c5ccc(C#N)nc5)nc4c32)CC1. The number of aromatic amines is 1. The molecule has 4 aromatic heterocycles. The Morgan fingerprint density at radius 1 is 1.17 bits per heavy atom. The summed E-state index contributed by atoms with van der Waals surface area (Å²) >= 11 is 0. The van der Waals surface area contributed by atoms with Gasteiger partial charge < -0.3 is 9.64 Å². The predicted octanol–water partition coefficient (Wildman–Crippen LogP) is 1.38. The summed E-state index contributed by atoms with van der Waals surface area (Å²) in [4.78, 5) is 55.3. The van der Waals surface area contributed by atoms with Crippen LogP contribution in [0.4, 0.5) is 0 Å². The summed E-state index contributed by atoms with van der Waals surface area (Å²) in [6, 6.07) is 8.64. The zero-order chi connectivity index (χ0) is 24.5. The summed E-state index contributed by atoms with van der Waals surface area (Å²) < 4.78 is 6.52. The quantitative estimate of drug-likeness (QED) is 0.439. The molecule has 1 N–H and O–H groups in total. The first kappa shape index (κ1) is 22.4. The van der Waals surface area contributed by atoms with E-state index >= 15 is 0 Å². The number of pyridine rings is 3. The van der Waals surface area contributed by atoms with E-state index in [1.165, 1.54) is 13.3 Å². The van der Waals surface area contributed by atoms with Crippen LogP contribution in [0.2, 0.25) is 0 Å². The highest BCUT2D eigenvalue weighted by atomic mass is 16.5. The van der Waals surface area contributed by atoms with Gasteiger partial charge in [-0.15, -0.1) is 0 Å². The van der Waals surface area contributed by atoms with E-state index < -0.39 is 11.2 Å². The van der Waals surface area contributed by atoms with Crippen LogP contribution in [0.5, 0.6) is 0 Å². The second kappa shape index (κ2) is 9.08. The lowest BCUT2D eigenvalue weighted by atomic mass is 10.0. The van der Waals surface area contributed by atoms with Crippen molar-refractivity contribution in [3.63, 3.8) is 0 Å². The van der Waals surface area contributed by atoms with Crippen LogP contribution in [0.3, 0.4) is 0 Å². The highest BCUT2D eigenvalue weighted by Crippen LogP contribution is 2.28. The third kappa shape index (κ3) is 4.04. The minimum atomic E-state index is -0.532. The lowest BCUT2D eigenvalue weighted by Crippen LogP contribution is -2.43. The number of nitriles is 1. The number of nitrogens with one attached hydrogen (secondary N) is 1. The number of methoxy groups -OCH3 is 1. The summed E-state index contributed by atoms with van der Waals surface area (Å²) in [5.41, 5.74) is 1.86. The molecule has 0 radical (unpaired) electrons. The number of piperidine rings is 1. The number of carbonyl (C=O) groups is 1.